The van der Waals surface area contributed by atoms with Crippen molar-refractivity contribution >= 4 is 0 Å². The molecule has 0 bridgehead atoms. The molecule has 0 saturated carbocycles. The quantitative estimate of drug-likeness (QED) is 0.845. The zero-order chi connectivity index (χ0) is 19.7. The molecular weight excluding hydrogens is 350 g/mol. The Hall–Kier alpha value is -3.60. The number of rotatable bonds is 4. The van der Waals surface area contributed by atoms with Crippen molar-refractivity contribution < 1.29 is 18.9 Å². The third kappa shape index (κ3) is 2.93. The second-order valence-corrected chi connectivity index (χ2v) is 5.94. The Morgan fingerprint density at radius 1 is 1.15 bits per heavy atom. The molecule has 8 heteroatoms. The molecule has 0 fully saturated rings. The van der Waals surface area contributed by atoms with E-state index in [2.05, 4.69) is 11.1 Å². The van der Waals surface area contributed by atoms with E-state index in [4.69, 9.17) is 24.7 Å². The molecule has 3 N–H and O–H groups in total. The number of aromatic nitrogens is 1. The smallest absolute Gasteiger partial charge is 0.256 e. The molecule has 1 aromatic carbocycles. The molecule has 1 aromatic heterocycles. The molecule has 1 unspecified atom stereocenters. The molecule has 1 atom stereocenters. The van der Waals surface area contributed by atoms with Crippen molar-refractivity contribution in [3.63, 3.8) is 0 Å². The van der Waals surface area contributed by atoms with Crippen LogP contribution in [0.2, 0.25) is 0 Å². The number of aromatic amines is 1. The summed E-state index contributed by atoms with van der Waals surface area (Å²) in [4.78, 5) is 15.4. The van der Waals surface area contributed by atoms with Crippen LogP contribution in [-0.4, -0.2) is 26.3 Å². The maximum absolute atomic E-state index is 12.7. The minimum atomic E-state index is -0.739. The fourth-order valence-electron chi connectivity index (χ4n) is 3.21. The SMILES string of the molecule is COc1cc(C2C(C#N)=C(N)Oc3cc(C)[nH]c(=O)c32)cc(OC)c1OC. The van der Waals surface area contributed by atoms with Gasteiger partial charge in [0.15, 0.2) is 11.5 Å². The number of benzene rings is 1. The first kappa shape index (κ1) is 18.2. The normalized spacial score (nSPS) is 15.4. The number of nitriles is 1. The Morgan fingerprint density at radius 2 is 1.78 bits per heavy atom. The van der Waals surface area contributed by atoms with Gasteiger partial charge in [0, 0.05) is 11.8 Å². The third-order valence-electron chi connectivity index (χ3n) is 4.37. The van der Waals surface area contributed by atoms with E-state index in [1.807, 2.05) is 0 Å². The second-order valence-electron chi connectivity index (χ2n) is 5.94. The van der Waals surface area contributed by atoms with Crippen LogP contribution >= 0.6 is 0 Å². The molecule has 8 nitrogen and oxygen atoms in total. The van der Waals surface area contributed by atoms with Gasteiger partial charge >= 0.3 is 0 Å². The molecule has 2 aromatic rings. The van der Waals surface area contributed by atoms with Crippen molar-refractivity contribution in [1.29, 1.82) is 5.26 Å². The standard InChI is InChI=1S/C19H19N3O5/c1-9-5-12-16(19(23)22-9)15(11(8-20)18(21)27-12)10-6-13(24-2)17(26-4)14(7-10)25-3/h5-7,15H,21H2,1-4H3,(H,22,23). The molecule has 0 saturated heterocycles. The molecular formula is C19H19N3O5. The van der Waals surface area contributed by atoms with Crippen LogP contribution in [0, 0.1) is 18.3 Å². The van der Waals surface area contributed by atoms with Gasteiger partial charge in [-0.1, -0.05) is 0 Å². The number of aryl methyl sites for hydroxylation is 1. The van der Waals surface area contributed by atoms with Crippen molar-refractivity contribution in [2.75, 3.05) is 21.3 Å². The third-order valence-corrected chi connectivity index (χ3v) is 4.37. The van der Waals surface area contributed by atoms with E-state index in [1.54, 1.807) is 25.1 Å². The van der Waals surface area contributed by atoms with Crippen LogP contribution in [0.15, 0.2) is 34.4 Å². The van der Waals surface area contributed by atoms with Crippen LogP contribution in [-0.2, 0) is 0 Å². The number of nitrogens with one attached hydrogen (secondary N) is 1. The highest BCUT2D eigenvalue weighted by atomic mass is 16.5. The van der Waals surface area contributed by atoms with Crippen molar-refractivity contribution in [2.24, 2.45) is 5.73 Å². The summed E-state index contributed by atoms with van der Waals surface area (Å²) in [7, 11) is 4.48. The van der Waals surface area contributed by atoms with Gasteiger partial charge in [-0.15, -0.1) is 0 Å². The Labute approximate surface area is 155 Å². The summed E-state index contributed by atoms with van der Waals surface area (Å²) < 4.78 is 21.7. The summed E-state index contributed by atoms with van der Waals surface area (Å²) in [5, 5.41) is 9.65. The molecule has 1 aliphatic heterocycles. The van der Waals surface area contributed by atoms with Crippen LogP contribution in [0.4, 0.5) is 0 Å². The Bertz CT molecular complexity index is 1010. The van der Waals surface area contributed by atoms with E-state index in [1.165, 1.54) is 21.3 Å². The number of methoxy groups -OCH3 is 3. The number of pyridine rings is 1. The maximum atomic E-state index is 12.7. The zero-order valence-corrected chi connectivity index (χ0v) is 15.4. The molecule has 0 spiro atoms. The summed E-state index contributed by atoms with van der Waals surface area (Å²) >= 11 is 0. The van der Waals surface area contributed by atoms with E-state index in [0.29, 0.717) is 39.8 Å². The van der Waals surface area contributed by atoms with Gasteiger partial charge in [0.2, 0.25) is 11.6 Å². The van der Waals surface area contributed by atoms with Crippen LogP contribution in [0.3, 0.4) is 0 Å². The van der Waals surface area contributed by atoms with Crippen LogP contribution in [0.25, 0.3) is 0 Å². The topological polar surface area (TPSA) is 120 Å². The summed E-state index contributed by atoms with van der Waals surface area (Å²) in [5.41, 5.74) is 7.24. The van der Waals surface area contributed by atoms with Crippen LogP contribution < -0.4 is 30.2 Å². The first-order chi connectivity index (χ1) is 12.9. The molecule has 0 radical (unpaired) electrons. The highest BCUT2D eigenvalue weighted by Crippen LogP contribution is 2.45. The Morgan fingerprint density at radius 3 is 2.30 bits per heavy atom. The fraction of sp³-hybridized carbons (Fsp3) is 0.263. The number of fused-ring (bicyclic) bond motifs is 1. The lowest BCUT2D eigenvalue weighted by Gasteiger charge is -2.26. The van der Waals surface area contributed by atoms with Crippen LogP contribution in [0.1, 0.15) is 22.7 Å². The minimum Gasteiger partial charge on any atom is -0.493 e. The zero-order valence-electron chi connectivity index (χ0n) is 15.4. The van der Waals surface area contributed by atoms with E-state index >= 15 is 0 Å². The number of nitrogens with two attached hydrogens (primary N) is 1. The van der Waals surface area contributed by atoms with Crippen molar-refractivity contribution in [3.05, 3.63) is 56.8 Å². The van der Waals surface area contributed by atoms with Crippen molar-refractivity contribution in [3.8, 4) is 29.1 Å². The Kier molecular flexibility index (Phi) is 4.69. The van der Waals surface area contributed by atoms with Gasteiger partial charge in [-0.05, 0) is 24.6 Å². The highest BCUT2D eigenvalue weighted by Gasteiger charge is 2.34. The summed E-state index contributed by atoms with van der Waals surface area (Å²) in [6.07, 6.45) is 0. The molecule has 140 valence electrons. The summed E-state index contributed by atoms with van der Waals surface area (Å²) in [6.45, 7) is 1.74. The lowest BCUT2D eigenvalue weighted by molar-refractivity contribution is 0.323. The summed E-state index contributed by atoms with van der Waals surface area (Å²) in [5.74, 6) is 0.736. The number of allylic oxidation sites excluding steroid dienone is 1. The fourth-order valence-corrected chi connectivity index (χ4v) is 3.21. The number of hydrogen-bond donors (Lipinski definition) is 2. The van der Waals surface area contributed by atoms with Crippen molar-refractivity contribution in [2.45, 2.75) is 12.8 Å². The lowest BCUT2D eigenvalue weighted by atomic mass is 9.84. The minimum absolute atomic E-state index is 0.0475. The van der Waals surface area contributed by atoms with Gasteiger partial charge in [-0.25, -0.2) is 0 Å². The van der Waals surface area contributed by atoms with E-state index in [9.17, 15) is 10.1 Å². The van der Waals surface area contributed by atoms with Gasteiger partial charge in [0.25, 0.3) is 5.56 Å². The predicted octanol–water partition coefficient (Wildman–Crippen LogP) is 1.93. The average Bonchev–Trinajstić information content (AvgIpc) is 2.65. The predicted molar refractivity (Wildman–Crippen MR) is 97.2 cm³/mol. The lowest BCUT2D eigenvalue weighted by Crippen LogP contribution is -2.28. The largest absolute Gasteiger partial charge is 0.493 e. The van der Waals surface area contributed by atoms with Gasteiger partial charge in [-0.3, -0.25) is 4.79 Å². The van der Waals surface area contributed by atoms with E-state index < -0.39 is 5.92 Å². The van der Waals surface area contributed by atoms with E-state index in [0.717, 1.165) is 0 Å². The monoisotopic (exact) mass is 369 g/mol. The number of H-pyrrole nitrogens is 1. The van der Waals surface area contributed by atoms with Crippen molar-refractivity contribution in [1.82, 2.24) is 4.98 Å². The van der Waals surface area contributed by atoms with Gasteiger partial charge in [0.05, 0.1) is 32.8 Å². The first-order valence-electron chi connectivity index (χ1n) is 8.06. The number of nitrogens with zero attached hydrogens (tertiary/aromatic N) is 1. The van der Waals surface area contributed by atoms with E-state index in [-0.39, 0.29) is 17.0 Å². The molecule has 27 heavy (non-hydrogen) atoms. The van der Waals surface area contributed by atoms with Gasteiger partial charge < -0.3 is 29.7 Å². The number of ether oxygens (including phenoxy) is 4. The number of hydrogen-bond acceptors (Lipinski definition) is 7. The highest BCUT2D eigenvalue weighted by molar-refractivity contribution is 5.61. The molecule has 0 amide bonds. The van der Waals surface area contributed by atoms with Gasteiger partial charge in [-0.2, -0.15) is 5.26 Å². The molecule has 0 aliphatic carbocycles. The molecule has 3 rings (SSSR count). The average molecular weight is 369 g/mol. The molecule has 1 aliphatic rings. The summed E-state index contributed by atoms with van der Waals surface area (Å²) in [6, 6.07) is 7.09. The maximum Gasteiger partial charge on any atom is 0.256 e. The van der Waals surface area contributed by atoms with Crippen LogP contribution in [0.5, 0.6) is 23.0 Å². The first-order valence-corrected chi connectivity index (χ1v) is 8.06. The Balaban J connectivity index is 2.34. The second kappa shape index (κ2) is 6.96. The van der Waals surface area contributed by atoms with Gasteiger partial charge in [0.1, 0.15) is 17.4 Å². The molecule has 2 heterocycles.